The van der Waals surface area contributed by atoms with Gasteiger partial charge in [-0.1, -0.05) is 43.1 Å². The Kier molecular flexibility index (Phi) is 4.91. The fourth-order valence-electron chi connectivity index (χ4n) is 2.78. The fourth-order valence-corrected chi connectivity index (χ4v) is 2.94. The van der Waals surface area contributed by atoms with Crippen LogP contribution in [0.3, 0.4) is 0 Å². The Labute approximate surface area is 146 Å². The van der Waals surface area contributed by atoms with E-state index in [1.807, 2.05) is 47.9 Å². The Balaban J connectivity index is 2.34. The fraction of sp³-hybridized carbons (Fsp3) is 0.250. The van der Waals surface area contributed by atoms with Gasteiger partial charge in [-0.2, -0.15) is 0 Å². The highest BCUT2D eigenvalue weighted by Crippen LogP contribution is 2.28. The van der Waals surface area contributed by atoms with Crippen LogP contribution in [0.25, 0.3) is 16.6 Å². The predicted molar refractivity (Wildman–Crippen MR) is 99.7 cm³/mol. The van der Waals surface area contributed by atoms with Gasteiger partial charge in [0.25, 0.3) is 0 Å². The summed E-state index contributed by atoms with van der Waals surface area (Å²) in [5.74, 6) is 0.592. The van der Waals surface area contributed by atoms with Crippen LogP contribution in [0, 0.1) is 6.92 Å². The van der Waals surface area contributed by atoms with Crippen LogP contribution in [0.1, 0.15) is 25.3 Å². The Bertz CT molecular complexity index is 916. The van der Waals surface area contributed by atoms with Crippen molar-refractivity contribution in [1.29, 1.82) is 0 Å². The van der Waals surface area contributed by atoms with Gasteiger partial charge in [-0.05, 0) is 43.7 Å². The number of hydrogen-bond donors (Lipinski definition) is 0. The van der Waals surface area contributed by atoms with E-state index < -0.39 is 0 Å². The first kappa shape index (κ1) is 16.6. The molecule has 0 aliphatic carbocycles. The molecule has 3 aromatic rings. The molecule has 0 unspecified atom stereocenters. The first-order valence-electron chi connectivity index (χ1n) is 8.16. The molecule has 0 aliphatic heterocycles. The van der Waals surface area contributed by atoms with Crippen molar-refractivity contribution in [3.8, 4) is 11.6 Å². The SMILES string of the molecule is CCCCOc1c(C)c(=O)c2ccc(Cl)cc2n1-c1ccccc1. The van der Waals surface area contributed by atoms with Crippen molar-refractivity contribution in [2.75, 3.05) is 6.61 Å². The normalized spacial score (nSPS) is 11.0. The molecule has 124 valence electrons. The van der Waals surface area contributed by atoms with Crippen LogP contribution in [0.2, 0.25) is 5.02 Å². The van der Waals surface area contributed by atoms with Crippen molar-refractivity contribution in [2.24, 2.45) is 0 Å². The van der Waals surface area contributed by atoms with Crippen LogP contribution in [-0.2, 0) is 0 Å². The standard InChI is InChI=1S/C20H20ClNO2/c1-3-4-12-24-20-14(2)19(23)17-11-10-15(21)13-18(17)22(20)16-8-6-5-7-9-16/h5-11,13H,3-4,12H2,1-2H3. The number of para-hydroxylation sites is 1. The largest absolute Gasteiger partial charge is 0.478 e. The molecule has 0 aliphatic rings. The van der Waals surface area contributed by atoms with Gasteiger partial charge in [0.1, 0.15) is 0 Å². The van der Waals surface area contributed by atoms with Crippen LogP contribution in [0.4, 0.5) is 0 Å². The molecule has 0 saturated heterocycles. The van der Waals surface area contributed by atoms with Gasteiger partial charge in [-0.3, -0.25) is 9.36 Å². The minimum atomic E-state index is -0.0136. The molecule has 2 aromatic carbocycles. The summed E-state index contributed by atoms with van der Waals surface area (Å²) in [6.45, 7) is 4.51. The van der Waals surface area contributed by atoms with Gasteiger partial charge >= 0.3 is 0 Å². The highest BCUT2D eigenvalue weighted by molar-refractivity contribution is 6.31. The van der Waals surface area contributed by atoms with Gasteiger partial charge in [0.15, 0.2) is 5.43 Å². The highest BCUT2D eigenvalue weighted by atomic mass is 35.5. The van der Waals surface area contributed by atoms with E-state index in [0.29, 0.717) is 28.5 Å². The van der Waals surface area contributed by atoms with E-state index in [2.05, 4.69) is 6.92 Å². The van der Waals surface area contributed by atoms with Crippen molar-refractivity contribution in [2.45, 2.75) is 26.7 Å². The number of halogens is 1. The van der Waals surface area contributed by atoms with Crippen LogP contribution in [0.5, 0.6) is 5.88 Å². The van der Waals surface area contributed by atoms with E-state index in [9.17, 15) is 4.79 Å². The van der Waals surface area contributed by atoms with Crippen LogP contribution >= 0.6 is 11.6 Å². The lowest BCUT2D eigenvalue weighted by atomic mass is 10.1. The molecule has 0 radical (unpaired) electrons. The van der Waals surface area contributed by atoms with Crippen molar-refractivity contribution in [1.82, 2.24) is 4.57 Å². The molecule has 0 saturated carbocycles. The van der Waals surface area contributed by atoms with Crippen molar-refractivity contribution >= 4 is 22.5 Å². The summed E-state index contributed by atoms with van der Waals surface area (Å²) < 4.78 is 7.99. The zero-order chi connectivity index (χ0) is 17.1. The number of aromatic nitrogens is 1. The van der Waals surface area contributed by atoms with Gasteiger partial charge in [0.05, 0.1) is 17.7 Å². The number of fused-ring (bicyclic) bond motifs is 1. The Morgan fingerprint density at radius 2 is 1.88 bits per heavy atom. The maximum Gasteiger partial charge on any atom is 0.205 e. The van der Waals surface area contributed by atoms with E-state index in [1.165, 1.54) is 0 Å². The Hall–Kier alpha value is -2.26. The molecule has 1 heterocycles. The van der Waals surface area contributed by atoms with Crippen LogP contribution < -0.4 is 10.2 Å². The molecule has 0 atom stereocenters. The van der Waals surface area contributed by atoms with Gasteiger partial charge in [0, 0.05) is 16.1 Å². The second-order valence-electron chi connectivity index (χ2n) is 5.79. The number of pyridine rings is 1. The molecule has 4 heteroatoms. The average molecular weight is 342 g/mol. The Morgan fingerprint density at radius 3 is 2.58 bits per heavy atom. The molecule has 0 amide bonds. The second kappa shape index (κ2) is 7.10. The summed E-state index contributed by atoms with van der Waals surface area (Å²) in [4.78, 5) is 12.7. The van der Waals surface area contributed by atoms with E-state index in [-0.39, 0.29) is 5.43 Å². The molecule has 24 heavy (non-hydrogen) atoms. The maximum absolute atomic E-state index is 12.7. The monoisotopic (exact) mass is 341 g/mol. The molecule has 0 fully saturated rings. The quantitative estimate of drug-likeness (QED) is 0.602. The third-order valence-corrected chi connectivity index (χ3v) is 4.30. The topological polar surface area (TPSA) is 31.2 Å². The summed E-state index contributed by atoms with van der Waals surface area (Å²) in [6.07, 6.45) is 1.98. The molecule has 1 aromatic heterocycles. The van der Waals surface area contributed by atoms with Crippen LogP contribution in [0.15, 0.2) is 53.3 Å². The molecular weight excluding hydrogens is 322 g/mol. The molecular formula is C20H20ClNO2. The van der Waals surface area contributed by atoms with Gasteiger partial charge in [-0.25, -0.2) is 0 Å². The Morgan fingerprint density at radius 1 is 1.12 bits per heavy atom. The lowest BCUT2D eigenvalue weighted by Crippen LogP contribution is -2.16. The molecule has 0 N–H and O–H groups in total. The summed E-state index contributed by atoms with van der Waals surface area (Å²) >= 11 is 6.19. The summed E-state index contributed by atoms with van der Waals surface area (Å²) in [5, 5.41) is 1.23. The van der Waals surface area contributed by atoms with Crippen molar-refractivity contribution < 1.29 is 4.74 Å². The maximum atomic E-state index is 12.7. The van der Waals surface area contributed by atoms with E-state index >= 15 is 0 Å². The zero-order valence-electron chi connectivity index (χ0n) is 13.9. The first-order valence-corrected chi connectivity index (χ1v) is 8.54. The zero-order valence-corrected chi connectivity index (χ0v) is 14.6. The minimum Gasteiger partial charge on any atom is -0.478 e. The van der Waals surface area contributed by atoms with E-state index in [0.717, 1.165) is 24.0 Å². The number of unbranched alkanes of at least 4 members (excludes halogenated alkanes) is 1. The molecule has 3 rings (SSSR count). The predicted octanol–water partition coefficient (Wildman–Crippen LogP) is 5.13. The highest BCUT2D eigenvalue weighted by Gasteiger charge is 2.17. The second-order valence-corrected chi connectivity index (χ2v) is 6.23. The number of benzene rings is 2. The number of ether oxygens (including phenoxy) is 1. The number of nitrogens with zero attached hydrogens (tertiary/aromatic N) is 1. The number of rotatable bonds is 5. The minimum absolute atomic E-state index is 0.0136. The molecule has 3 nitrogen and oxygen atoms in total. The van der Waals surface area contributed by atoms with Gasteiger partial charge in [-0.15, -0.1) is 0 Å². The smallest absolute Gasteiger partial charge is 0.205 e. The summed E-state index contributed by atoms with van der Waals surface area (Å²) in [5.41, 5.74) is 2.31. The summed E-state index contributed by atoms with van der Waals surface area (Å²) in [7, 11) is 0. The first-order chi connectivity index (χ1) is 11.6. The van der Waals surface area contributed by atoms with E-state index in [4.69, 9.17) is 16.3 Å². The lowest BCUT2D eigenvalue weighted by molar-refractivity contribution is 0.290. The van der Waals surface area contributed by atoms with Crippen molar-refractivity contribution in [3.63, 3.8) is 0 Å². The summed E-state index contributed by atoms with van der Waals surface area (Å²) in [6, 6.07) is 15.2. The third kappa shape index (κ3) is 3.04. The molecule has 0 bridgehead atoms. The van der Waals surface area contributed by atoms with Crippen LogP contribution in [-0.4, -0.2) is 11.2 Å². The van der Waals surface area contributed by atoms with Crippen molar-refractivity contribution in [3.05, 3.63) is 69.3 Å². The van der Waals surface area contributed by atoms with Gasteiger partial charge in [0.2, 0.25) is 5.88 Å². The number of hydrogen-bond acceptors (Lipinski definition) is 2. The third-order valence-electron chi connectivity index (χ3n) is 4.06. The van der Waals surface area contributed by atoms with E-state index in [1.54, 1.807) is 12.1 Å². The average Bonchev–Trinajstić information content (AvgIpc) is 2.60. The lowest BCUT2D eigenvalue weighted by Gasteiger charge is -2.19. The van der Waals surface area contributed by atoms with Gasteiger partial charge < -0.3 is 4.74 Å². The molecule has 0 spiro atoms.